The second kappa shape index (κ2) is 12.0. The second-order valence-corrected chi connectivity index (χ2v) is 12.5. The van der Waals surface area contributed by atoms with Crippen LogP contribution in [0.1, 0.15) is 53.4 Å². The van der Waals surface area contributed by atoms with Crippen LogP contribution in [0.2, 0.25) is 0 Å². The number of hydrogen-bond acceptors (Lipinski definition) is 5. The Bertz CT molecular complexity index is 897. The van der Waals surface area contributed by atoms with Crippen LogP contribution in [-0.2, 0) is 19.1 Å². The Hall–Kier alpha value is -1.71. The number of rotatable bonds is 13. The first-order chi connectivity index (χ1) is 17.5. The maximum Gasteiger partial charge on any atom is 0.248 e. The van der Waals surface area contributed by atoms with Crippen molar-refractivity contribution >= 4 is 33.7 Å². The predicted molar refractivity (Wildman–Crippen MR) is 147 cm³/mol. The molecular formula is C28H44BrN3O5. The van der Waals surface area contributed by atoms with Crippen molar-refractivity contribution in [3.05, 3.63) is 25.3 Å². The SMILES string of the molecule is C=CCN(C)C(=O)[C@H]1[C@H]2C(=O)N([C@@H](CO)CC(C)C)C(C(=O)N(CC=C)C(C)CCC)C23CC(Br)[C@@H]1O3. The molecule has 3 amide bonds. The first-order valence-electron chi connectivity index (χ1n) is 13.5. The molecule has 0 saturated carbocycles. The topological polar surface area (TPSA) is 90.4 Å². The number of carbonyl (C=O) groups excluding carboxylic acids is 3. The first kappa shape index (κ1) is 29.8. The van der Waals surface area contributed by atoms with Crippen molar-refractivity contribution in [2.45, 2.75) is 88.0 Å². The molecule has 8 atom stereocenters. The Labute approximate surface area is 230 Å². The third kappa shape index (κ3) is 5.15. The highest BCUT2D eigenvalue weighted by molar-refractivity contribution is 9.09. The van der Waals surface area contributed by atoms with Crippen LogP contribution in [0.25, 0.3) is 0 Å². The van der Waals surface area contributed by atoms with E-state index < -0.39 is 35.6 Å². The standard InChI is InChI=1S/C28H44BrN3O5/c1-8-11-18(6)31(13-10-3)27(36)24-28-15-20(29)23(37-28)21(25(34)30(7)12-9-2)22(28)26(35)32(24)19(16-33)14-17(4)5/h9-10,17-24,33H,2-3,8,11-16H2,1,4-7H3/t18?,19-,20?,21+,22+,23+,24?,28?/m1/s1. The summed E-state index contributed by atoms with van der Waals surface area (Å²) in [5.74, 6) is -1.96. The van der Waals surface area contributed by atoms with E-state index in [9.17, 15) is 19.5 Å². The molecule has 208 valence electrons. The molecule has 9 heteroatoms. The predicted octanol–water partition coefficient (Wildman–Crippen LogP) is 2.99. The largest absolute Gasteiger partial charge is 0.394 e. The van der Waals surface area contributed by atoms with Crippen LogP contribution in [0.15, 0.2) is 25.3 Å². The molecule has 0 aromatic heterocycles. The third-order valence-electron chi connectivity index (χ3n) is 8.22. The highest BCUT2D eigenvalue weighted by Gasteiger charge is 2.77. The number of fused-ring (bicyclic) bond motifs is 1. The fraction of sp³-hybridized carbons (Fsp3) is 0.750. The van der Waals surface area contributed by atoms with Crippen molar-refractivity contribution < 1.29 is 24.2 Å². The van der Waals surface area contributed by atoms with E-state index in [-0.39, 0.29) is 41.1 Å². The lowest BCUT2D eigenvalue weighted by Gasteiger charge is -2.41. The van der Waals surface area contributed by atoms with Gasteiger partial charge >= 0.3 is 0 Å². The van der Waals surface area contributed by atoms with Gasteiger partial charge in [-0.25, -0.2) is 0 Å². The Balaban J connectivity index is 2.15. The average molecular weight is 583 g/mol. The molecule has 1 spiro atoms. The van der Waals surface area contributed by atoms with Gasteiger partial charge in [0.05, 0.1) is 30.6 Å². The van der Waals surface area contributed by atoms with Gasteiger partial charge in [-0.2, -0.15) is 0 Å². The Morgan fingerprint density at radius 3 is 2.43 bits per heavy atom. The van der Waals surface area contributed by atoms with Crippen LogP contribution in [0.4, 0.5) is 0 Å². The summed E-state index contributed by atoms with van der Waals surface area (Å²) in [5, 5.41) is 10.4. The molecule has 0 aromatic rings. The normalized spacial score (nSPS) is 31.8. The Morgan fingerprint density at radius 1 is 1.24 bits per heavy atom. The van der Waals surface area contributed by atoms with E-state index in [1.165, 1.54) is 0 Å². The summed E-state index contributed by atoms with van der Waals surface area (Å²) in [5.41, 5.74) is -1.14. The summed E-state index contributed by atoms with van der Waals surface area (Å²) in [4.78, 5) is 47.1. The zero-order chi connectivity index (χ0) is 27.7. The fourth-order valence-corrected chi connectivity index (χ4v) is 7.68. The molecule has 3 saturated heterocycles. The molecule has 0 aromatic carbocycles. The lowest BCUT2D eigenvalue weighted by Crippen LogP contribution is -2.60. The second-order valence-electron chi connectivity index (χ2n) is 11.3. The Morgan fingerprint density at radius 2 is 1.89 bits per heavy atom. The van der Waals surface area contributed by atoms with Crippen LogP contribution in [0.5, 0.6) is 0 Å². The summed E-state index contributed by atoms with van der Waals surface area (Å²) in [7, 11) is 1.69. The summed E-state index contributed by atoms with van der Waals surface area (Å²) in [6.45, 7) is 16.2. The van der Waals surface area contributed by atoms with Gasteiger partial charge in [-0.1, -0.05) is 55.3 Å². The van der Waals surface area contributed by atoms with Crippen molar-refractivity contribution in [3.63, 3.8) is 0 Å². The van der Waals surface area contributed by atoms with E-state index in [4.69, 9.17) is 4.74 Å². The van der Waals surface area contributed by atoms with Gasteiger partial charge < -0.3 is 24.5 Å². The minimum Gasteiger partial charge on any atom is -0.394 e. The van der Waals surface area contributed by atoms with Gasteiger partial charge in [-0.3, -0.25) is 14.4 Å². The first-order valence-corrected chi connectivity index (χ1v) is 14.4. The molecule has 37 heavy (non-hydrogen) atoms. The van der Waals surface area contributed by atoms with Gasteiger partial charge in [0.2, 0.25) is 17.7 Å². The van der Waals surface area contributed by atoms with E-state index in [0.717, 1.165) is 12.8 Å². The van der Waals surface area contributed by atoms with E-state index >= 15 is 0 Å². The molecule has 0 aliphatic carbocycles. The van der Waals surface area contributed by atoms with Crippen LogP contribution < -0.4 is 0 Å². The van der Waals surface area contributed by atoms with Gasteiger partial charge in [0.1, 0.15) is 11.6 Å². The molecule has 8 nitrogen and oxygen atoms in total. The summed E-state index contributed by atoms with van der Waals surface area (Å²) in [6.07, 6.45) is 5.54. The highest BCUT2D eigenvalue weighted by Crippen LogP contribution is 2.61. The molecule has 3 aliphatic heterocycles. The lowest BCUT2D eigenvalue weighted by atomic mass is 9.70. The molecule has 0 radical (unpaired) electrons. The van der Waals surface area contributed by atoms with E-state index in [0.29, 0.717) is 25.9 Å². The zero-order valence-electron chi connectivity index (χ0n) is 22.9. The molecule has 1 N–H and O–H groups in total. The molecular weight excluding hydrogens is 538 g/mol. The average Bonchev–Trinajstić information content (AvgIpc) is 3.43. The number of amides is 3. The number of alkyl halides is 1. The van der Waals surface area contributed by atoms with Crippen LogP contribution in [0.3, 0.4) is 0 Å². The van der Waals surface area contributed by atoms with Gasteiger partial charge in [-0.05, 0) is 32.1 Å². The van der Waals surface area contributed by atoms with Crippen molar-refractivity contribution in [2.75, 3.05) is 26.7 Å². The quantitative estimate of drug-likeness (QED) is 0.267. The number of ether oxygens (including phenoxy) is 1. The van der Waals surface area contributed by atoms with Crippen LogP contribution >= 0.6 is 15.9 Å². The van der Waals surface area contributed by atoms with Gasteiger partial charge in [0.25, 0.3) is 0 Å². The maximum atomic E-state index is 14.5. The Kier molecular flexibility index (Phi) is 9.67. The monoisotopic (exact) mass is 581 g/mol. The summed E-state index contributed by atoms with van der Waals surface area (Å²) >= 11 is 3.72. The number of nitrogens with zero attached hydrogens (tertiary/aromatic N) is 3. The molecule has 3 fully saturated rings. The number of aliphatic hydroxyl groups excluding tert-OH is 1. The number of aliphatic hydroxyl groups is 1. The van der Waals surface area contributed by atoms with Crippen LogP contribution in [0, 0.1) is 17.8 Å². The fourth-order valence-electron chi connectivity index (χ4n) is 6.74. The number of likely N-dealkylation sites (tertiary alicyclic amines) is 1. The van der Waals surface area contributed by atoms with Crippen molar-refractivity contribution in [3.8, 4) is 0 Å². The molecule has 3 aliphatic rings. The van der Waals surface area contributed by atoms with E-state index in [2.05, 4.69) is 36.0 Å². The van der Waals surface area contributed by atoms with Crippen molar-refractivity contribution in [1.82, 2.24) is 14.7 Å². The van der Waals surface area contributed by atoms with E-state index in [1.807, 2.05) is 20.8 Å². The minimum atomic E-state index is -1.14. The lowest BCUT2D eigenvalue weighted by molar-refractivity contribution is -0.153. The van der Waals surface area contributed by atoms with Gasteiger partial charge in [-0.15, -0.1) is 13.2 Å². The number of halogens is 1. The number of likely N-dealkylation sites (N-methyl/N-ethyl adjacent to an activating group) is 1. The number of hydrogen-bond donors (Lipinski definition) is 1. The molecule has 2 bridgehead atoms. The summed E-state index contributed by atoms with van der Waals surface area (Å²) in [6, 6.07) is -1.53. The summed E-state index contributed by atoms with van der Waals surface area (Å²) < 4.78 is 6.62. The van der Waals surface area contributed by atoms with Crippen LogP contribution in [-0.4, -0.2) is 98.9 Å². The smallest absolute Gasteiger partial charge is 0.248 e. The van der Waals surface area contributed by atoms with Crippen molar-refractivity contribution in [2.24, 2.45) is 17.8 Å². The van der Waals surface area contributed by atoms with Gasteiger partial charge in [0, 0.05) is 31.0 Å². The highest BCUT2D eigenvalue weighted by atomic mass is 79.9. The number of carbonyl (C=O) groups is 3. The maximum absolute atomic E-state index is 14.5. The third-order valence-corrected chi connectivity index (χ3v) is 9.07. The molecule has 4 unspecified atom stereocenters. The minimum absolute atomic E-state index is 0.0601. The molecule has 3 heterocycles. The van der Waals surface area contributed by atoms with E-state index in [1.54, 1.807) is 33.9 Å². The molecule has 3 rings (SSSR count). The van der Waals surface area contributed by atoms with Gasteiger partial charge in [0.15, 0.2) is 0 Å². The zero-order valence-corrected chi connectivity index (χ0v) is 24.5. The van der Waals surface area contributed by atoms with Crippen molar-refractivity contribution in [1.29, 1.82) is 0 Å².